The van der Waals surface area contributed by atoms with Crippen LogP contribution in [0.4, 0.5) is 0 Å². The Bertz CT molecular complexity index is 529. The van der Waals surface area contributed by atoms with Gasteiger partial charge in [0.2, 0.25) is 0 Å². The second kappa shape index (κ2) is 7.56. The topological polar surface area (TPSA) is 74.1 Å². The van der Waals surface area contributed by atoms with E-state index in [0.29, 0.717) is 19.7 Å². The number of benzene rings is 1. The number of rotatable bonds is 8. The third kappa shape index (κ3) is 4.01. The van der Waals surface area contributed by atoms with Gasteiger partial charge in [-0.05, 0) is 28.1 Å². The predicted molar refractivity (Wildman–Crippen MR) is 73.5 cm³/mol. The molecule has 2 aromatic rings. The summed E-state index contributed by atoms with van der Waals surface area (Å²) in [6.07, 6.45) is 0. The molecular formula is C13H19N5O2. The van der Waals surface area contributed by atoms with Crippen LogP contribution in [-0.4, -0.2) is 47.6 Å². The molecule has 0 saturated heterocycles. The van der Waals surface area contributed by atoms with Crippen LogP contribution < -0.4 is 10.1 Å². The lowest BCUT2D eigenvalue weighted by molar-refractivity contribution is 0.198. The highest BCUT2D eigenvalue weighted by atomic mass is 16.5. The van der Waals surface area contributed by atoms with E-state index in [9.17, 15) is 0 Å². The van der Waals surface area contributed by atoms with Crippen molar-refractivity contribution >= 4 is 0 Å². The highest BCUT2D eigenvalue weighted by Crippen LogP contribution is 2.13. The first-order valence-electron chi connectivity index (χ1n) is 6.41. The molecule has 1 aromatic heterocycles. The lowest BCUT2D eigenvalue weighted by Crippen LogP contribution is -2.21. The van der Waals surface area contributed by atoms with Gasteiger partial charge in [-0.25, -0.2) is 4.68 Å². The van der Waals surface area contributed by atoms with Crippen LogP contribution >= 0.6 is 0 Å². The third-order valence-electron chi connectivity index (χ3n) is 2.84. The van der Waals surface area contributed by atoms with Crippen molar-refractivity contribution in [2.24, 2.45) is 0 Å². The minimum atomic E-state index is 0.611. The molecule has 0 bridgehead atoms. The second-order valence-electron chi connectivity index (χ2n) is 4.27. The van der Waals surface area contributed by atoms with E-state index in [0.717, 1.165) is 23.7 Å². The molecule has 0 saturated carbocycles. The highest BCUT2D eigenvalue weighted by molar-refractivity contribution is 5.28. The van der Waals surface area contributed by atoms with E-state index in [2.05, 4.69) is 20.8 Å². The van der Waals surface area contributed by atoms with Gasteiger partial charge >= 0.3 is 0 Å². The molecular weight excluding hydrogens is 258 g/mol. The van der Waals surface area contributed by atoms with Crippen molar-refractivity contribution in [3.63, 3.8) is 0 Å². The van der Waals surface area contributed by atoms with Crippen molar-refractivity contribution < 1.29 is 9.47 Å². The molecule has 2 rings (SSSR count). The molecule has 0 aliphatic carbocycles. The van der Waals surface area contributed by atoms with E-state index >= 15 is 0 Å². The van der Waals surface area contributed by atoms with Gasteiger partial charge in [0.05, 0.1) is 26.8 Å². The van der Waals surface area contributed by atoms with Crippen LogP contribution in [0.15, 0.2) is 24.3 Å². The quantitative estimate of drug-likeness (QED) is 0.707. The Labute approximate surface area is 117 Å². The standard InChI is InChI=1S/C13H19N5O2/c1-19-7-6-14-9-13-15-16-17-18(13)10-11-4-3-5-12(8-11)20-2/h3-5,8,14H,6-7,9-10H2,1-2H3. The number of nitrogens with zero attached hydrogens (tertiary/aromatic N) is 4. The molecule has 0 aliphatic heterocycles. The fraction of sp³-hybridized carbons (Fsp3) is 0.462. The van der Waals surface area contributed by atoms with Crippen LogP contribution in [0.3, 0.4) is 0 Å². The van der Waals surface area contributed by atoms with Crippen molar-refractivity contribution in [1.82, 2.24) is 25.5 Å². The first-order chi connectivity index (χ1) is 9.83. The van der Waals surface area contributed by atoms with Gasteiger partial charge in [-0.2, -0.15) is 0 Å². The minimum absolute atomic E-state index is 0.611. The molecule has 7 nitrogen and oxygen atoms in total. The average Bonchev–Trinajstić information content (AvgIpc) is 2.91. The number of ether oxygens (including phenoxy) is 2. The summed E-state index contributed by atoms with van der Waals surface area (Å²) in [6.45, 7) is 2.66. The van der Waals surface area contributed by atoms with E-state index in [1.165, 1.54) is 0 Å². The molecule has 0 aliphatic rings. The fourth-order valence-corrected chi connectivity index (χ4v) is 1.79. The molecule has 7 heteroatoms. The lowest BCUT2D eigenvalue weighted by atomic mass is 10.2. The summed E-state index contributed by atoms with van der Waals surface area (Å²) in [5.41, 5.74) is 1.09. The zero-order chi connectivity index (χ0) is 14.2. The molecule has 20 heavy (non-hydrogen) atoms. The van der Waals surface area contributed by atoms with Gasteiger partial charge in [-0.3, -0.25) is 0 Å². The molecule has 0 fully saturated rings. The zero-order valence-corrected chi connectivity index (χ0v) is 11.7. The minimum Gasteiger partial charge on any atom is -0.497 e. The van der Waals surface area contributed by atoms with Crippen LogP contribution in [-0.2, 0) is 17.8 Å². The SMILES string of the molecule is COCCNCc1nnnn1Cc1cccc(OC)c1. The zero-order valence-electron chi connectivity index (χ0n) is 11.7. The summed E-state index contributed by atoms with van der Waals surface area (Å²) < 4.78 is 12.0. The normalized spacial score (nSPS) is 10.7. The number of nitrogens with one attached hydrogen (secondary N) is 1. The summed E-state index contributed by atoms with van der Waals surface area (Å²) in [5, 5.41) is 15.0. The lowest BCUT2D eigenvalue weighted by Gasteiger charge is -2.07. The van der Waals surface area contributed by atoms with Gasteiger partial charge in [-0.15, -0.1) is 5.10 Å². The Balaban J connectivity index is 1.97. The van der Waals surface area contributed by atoms with E-state index in [1.807, 2.05) is 24.3 Å². The third-order valence-corrected chi connectivity index (χ3v) is 2.84. The molecule has 0 unspecified atom stereocenters. The number of hydrogen-bond acceptors (Lipinski definition) is 6. The van der Waals surface area contributed by atoms with Crippen molar-refractivity contribution in [1.29, 1.82) is 0 Å². The van der Waals surface area contributed by atoms with Crippen LogP contribution in [0, 0.1) is 0 Å². The van der Waals surface area contributed by atoms with E-state index in [1.54, 1.807) is 18.9 Å². The summed E-state index contributed by atoms with van der Waals surface area (Å²) >= 11 is 0. The molecule has 0 radical (unpaired) electrons. The monoisotopic (exact) mass is 277 g/mol. The molecule has 1 heterocycles. The Morgan fingerprint density at radius 2 is 2.20 bits per heavy atom. The predicted octanol–water partition coefficient (Wildman–Crippen LogP) is 0.466. The number of aromatic nitrogens is 4. The van der Waals surface area contributed by atoms with Crippen molar-refractivity contribution in [2.75, 3.05) is 27.4 Å². The molecule has 0 atom stereocenters. The molecule has 108 valence electrons. The number of tetrazole rings is 1. The van der Waals surface area contributed by atoms with Gasteiger partial charge in [0.15, 0.2) is 5.82 Å². The number of hydrogen-bond donors (Lipinski definition) is 1. The van der Waals surface area contributed by atoms with E-state index < -0.39 is 0 Å². The van der Waals surface area contributed by atoms with Crippen LogP contribution in [0.2, 0.25) is 0 Å². The second-order valence-corrected chi connectivity index (χ2v) is 4.27. The molecule has 0 amide bonds. The summed E-state index contributed by atoms with van der Waals surface area (Å²) in [7, 11) is 3.33. The maximum atomic E-state index is 5.21. The summed E-state index contributed by atoms with van der Waals surface area (Å²) in [5.74, 6) is 1.62. The first kappa shape index (κ1) is 14.4. The fourth-order valence-electron chi connectivity index (χ4n) is 1.79. The van der Waals surface area contributed by atoms with E-state index in [-0.39, 0.29) is 0 Å². The largest absolute Gasteiger partial charge is 0.497 e. The van der Waals surface area contributed by atoms with Crippen LogP contribution in [0.25, 0.3) is 0 Å². The summed E-state index contributed by atoms with van der Waals surface area (Å²) in [6, 6.07) is 7.86. The number of methoxy groups -OCH3 is 2. The smallest absolute Gasteiger partial charge is 0.165 e. The maximum absolute atomic E-state index is 5.21. The van der Waals surface area contributed by atoms with Gasteiger partial charge in [0.1, 0.15) is 5.75 Å². The van der Waals surface area contributed by atoms with Crippen LogP contribution in [0.5, 0.6) is 5.75 Å². The molecule has 1 N–H and O–H groups in total. The molecule has 0 spiro atoms. The Kier molecular flexibility index (Phi) is 5.45. The highest BCUT2D eigenvalue weighted by Gasteiger charge is 2.06. The summed E-state index contributed by atoms with van der Waals surface area (Å²) in [4.78, 5) is 0. The Hall–Kier alpha value is -1.99. The van der Waals surface area contributed by atoms with Gasteiger partial charge in [-0.1, -0.05) is 12.1 Å². The maximum Gasteiger partial charge on any atom is 0.165 e. The van der Waals surface area contributed by atoms with Gasteiger partial charge in [0, 0.05) is 13.7 Å². The molecule has 1 aromatic carbocycles. The van der Waals surface area contributed by atoms with Crippen molar-refractivity contribution in [3.05, 3.63) is 35.7 Å². The Morgan fingerprint density at radius 3 is 3.00 bits per heavy atom. The van der Waals surface area contributed by atoms with Gasteiger partial charge in [0.25, 0.3) is 0 Å². The Morgan fingerprint density at radius 1 is 1.30 bits per heavy atom. The van der Waals surface area contributed by atoms with Crippen molar-refractivity contribution in [3.8, 4) is 5.75 Å². The first-order valence-corrected chi connectivity index (χ1v) is 6.41. The average molecular weight is 277 g/mol. The van der Waals surface area contributed by atoms with E-state index in [4.69, 9.17) is 9.47 Å². The van der Waals surface area contributed by atoms with Crippen LogP contribution in [0.1, 0.15) is 11.4 Å². The van der Waals surface area contributed by atoms with Crippen molar-refractivity contribution in [2.45, 2.75) is 13.1 Å². The van der Waals surface area contributed by atoms with Gasteiger partial charge < -0.3 is 14.8 Å².